The van der Waals surface area contributed by atoms with E-state index in [1.807, 2.05) is 0 Å². The van der Waals surface area contributed by atoms with Gasteiger partial charge in [0.25, 0.3) is 0 Å². The lowest BCUT2D eigenvalue weighted by molar-refractivity contribution is -0.145. The van der Waals surface area contributed by atoms with Gasteiger partial charge in [0.15, 0.2) is 0 Å². The van der Waals surface area contributed by atoms with Gasteiger partial charge < -0.3 is 52.1 Å². The fourth-order valence-electron chi connectivity index (χ4n) is 3.54. The molecule has 45 heavy (non-hydrogen) atoms. The molecule has 270 valence electrons. The third-order valence-electron chi connectivity index (χ3n) is 6.42. The van der Waals surface area contributed by atoms with Crippen molar-refractivity contribution >= 4 is 5.97 Å². The molecule has 0 aromatic rings. The van der Waals surface area contributed by atoms with Crippen molar-refractivity contribution in [2.24, 2.45) is 5.92 Å². The standard InChI is InChI=1S/C33H66O12/c1-4-6-7-8-9-10-33(34)45-30-29-43-26-25-41-22-21-39-18-17-37-14-13-35-11-12-36-15-16-38-19-20-40-23-24-42-27-28-44-31-32(3)5-2/h32H,4-31H2,1-3H3. The SMILES string of the molecule is CCCCCCCC(=O)OCCOCCOCCOCCOCCOCCOCCOCCOCCOCCOCC(C)CC. The molecule has 12 nitrogen and oxygen atoms in total. The van der Waals surface area contributed by atoms with Gasteiger partial charge in [-0.2, -0.15) is 0 Å². The van der Waals surface area contributed by atoms with Crippen molar-refractivity contribution in [3.63, 3.8) is 0 Å². The summed E-state index contributed by atoms with van der Waals surface area (Å²) in [6.07, 6.45) is 7.22. The zero-order valence-corrected chi connectivity index (χ0v) is 28.8. The summed E-state index contributed by atoms with van der Waals surface area (Å²) in [5.41, 5.74) is 0. The van der Waals surface area contributed by atoms with Gasteiger partial charge in [-0.15, -0.1) is 0 Å². The van der Waals surface area contributed by atoms with Crippen LogP contribution in [0.4, 0.5) is 0 Å². The highest BCUT2D eigenvalue weighted by molar-refractivity contribution is 5.69. The second-order valence-corrected chi connectivity index (χ2v) is 10.5. The second-order valence-electron chi connectivity index (χ2n) is 10.5. The molecule has 0 aliphatic carbocycles. The lowest BCUT2D eigenvalue weighted by atomic mass is 10.1. The number of hydrogen-bond donors (Lipinski definition) is 0. The van der Waals surface area contributed by atoms with Crippen molar-refractivity contribution in [1.82, 2.24) is 0 Å². The first-order chi connectivity index (χ1) is 22.2. The summed E-state index contributed by atoms with van der Waals surface area (Å²) in [5.74, 6) is 0.451. The van der Waals surface area contributed by atoms with E-state index in [0.717, 1.165) is 25.9 Å². The molecule has 0 N–H and O–H groups in total. The van der Waals surface area contributed by atoms with Gasteiger partial charge in [-0.1, -0.05) is 52.9 Å². The van der Waals surface area contributed by atoms with Crippen LogP contribution in [-0.4, -0.2) is 145 Å². The van der Waals surface area contributed by atoms with Crippen LogP contribution in [0, 0.1) is 5.92 Å². The maximum atomic E-state index is 11.6. The quantitative estimate of drug-likeness (QED) is 0.0701. The summed E-state index contributed by atoms with van der Waals surface area (Å²) >= 11 is 0. The maximum absolute atomic E-state index is 11.6. The highest BCUT2D eigenvalue weighted by atomic mass is 16.6. The Balaban J connectivity index is 3.09. The molecule has 0 radical (unpaired) electrons. The highest BCUT2D eigenvalue weighted by Crippen LogP contribution is 2.05. The van der Waals surface area contributed by atoms with Gasteiger partial charge in [0, 0.05) is 13.0 Å². The average Bonchev–Trinajstić information content (AvgIpc) is 3.05. The summed E-state index contributed by atoms with van der Waals surface area (Å²) < 4.78 is 59.9. The van der Waals surface area contributed by atoms with Gasteiger partial charge in [0.05, 0.1) is 126 Å². The molecule has 0 amide bonds. The lowest BCUT2D eigenvalue weighted by Crippen LogP contribution is -2.15. The maximum Gasteiger partial charge on any atom is 0.305 e. The minimum Gasteiger partial charge on any atom is -0.463 e. The van der Waals surface area contributed by atoms with Gasteiger partial charge in [-0.3, -0.25) is 4.79 Å². The zero-order valence-electron chi connectivity index (χ0n) is 28.8. The number of rotatable bonds is 39. The molecule has 12 heteroatoms. The predicted octanol–water partition coefficient (Wildman–Crippen LogP) is 4.10. The molecule has 0 rings (SSSR count). The van der Waals surface area contributed by atoms with Crippen LogP contribution < -0.4 is 0 Å². The first-order valence-electron chi connectivity index (χ1n) is 17.1. The first kappa shape index (κ1) is 44.1. The van der Waals surface area contributed by atoms with E-state index in [0.29, 0.717) is 138 Å². The predicted molar refractivity (Wildman–Crippen MR) is 172 cm³/mol. The Morgan fingerprint density at radius 2 is 0.733 bits per heavy atom. The fourth-order valence-corrected chi connectivity index (χ4v) is 3.54. The molecule has 1 unspecified atom stereocenters. The van der Waals surface area contributed by atoms with Gasteiger partial charge in [0.1, 0.15) is 6.61 Å². The molecular formula is C33H66O12. The van der Waals surface area contributed by atoms with E-state index >= 15 is 0 Å². The largest absolute Gasteiger partial charge is 0.463 e. The van der Waals surface area contributed by atoms with Gasteiger partial charge in [0.2, 0.25) is 0 Å². The van der Waals surface area contributed by atoms with Crippen LogP contribution in [0.3, 0.4) is 0 Å². The van der Waals surface area contributed by atoms with Crippen molar-refractivity contribution < 1.29 is 56.9 Å². The van der Waals surface area contributed by atoms with Crippen molar-refractivity contribution in [3.05, 3.63) is 0 Å². The van der Waals surface area contributed by atoms with Crippen molar-refractivity contribution in [2.75, 3.05) is 139 Å². The van der Waals surface area contributed by atoms with E-state index in [4.69, 9.17) is 52.1 Å². The average molecular weight is 655 g/mol. The third-order valence-corrected chi connectivity index (χ3v) is 6.42. The Morgan fingerprint density at radius 1 is 0.422 bits per heavy atom. The molecule has 0 aromatic heterocycles. The van der Waals surface area contributed by atoms with Crippen LogP contribution in [0.5, 0.6) is 0 Å². The zero-order chi connectivity index (χ0) is 32.7. The molecule has 1 atom stereocenters. The van der Waals surface area contributed by atoms with Crippen LogP contribution in [0.15, 0.2) is 0 Å². The number of carbonyl (C=O) groups excluding carboxylic acids is 1. The van der Waals surface area contributed by atoms with E-state index < -0.39 is 0 Å². The number of hydrogen-bond acceptors (Lipinski definition) is 12. The molecule has 0 aliphatic rings. The number of carbonyl (C=O) groups is 1. The van der Waals surface area contributed by atoms with Crippen LogP contribution in [0.1, 0.15) is 65.7 Å². The smallest absolute Gasteiger partial charge is 0.305 e. The number of ether oxygens (including phenoxy) is 11. The number of unbranched alkanes of at least 4 members (excludes halogenated alkanes) is 4. The van der Waals surface area contributed by atoms with E-state index in [9.17, 15) is 4.79 Å². The molecule has 0 bridgehead atoms. The molecule has 0 fully saturated rings. The number of esters is 1. The molecule has 0 saturated heterocycles. The molecule has 0 saturated carbocycles. The van der Waals surface area contributed by atoms with Gasteiger partial charge in [-0.25, -0.2) is 0 Å². The van der Waals surface area contributed by atoms with Crippen LogP contribution in [-0.2, 0) is 56.9 Å². The fraction of sp³-hybridized carbons (Fsp3) is 0.970. The topological polar surface area (TPSA) is 119 Å². The molecule has 0 spiro atoms. The third kappa shape index (κ3) is 39.2. The molecular weight excluding hydrogens is 588 g/mol. The lowest BCUT2D eigenvalue weighted by Gasteiger charge is -2.10. The Labute approximate surface area is 273 Å². The van der Waals surface area contributed by atoms with Gasteiger partial charge >= 0.3 is 5.97 Å². The highest BCUT2D eigenvalue weighted by Gasteiger charge is 2.02. The summed E-state index contributed by atoms with van der Waals surface area (Å²) in [7, 11) is 0. The van der Waals surface area contributed by atoms with Crippen LogP contribution >= 0.6 is 0 Å². The van der Waals surface area contributed by atoms with E-state index in [1.54, 1.807) is 0 Å². The minimum atomic E-state index is -0.145. The first-order valence-corrected chi connectivity index (χ1v) is 17.1. The van der Waals surface area contributed by atoms with Crippen LogP contribution in [0.25, 0.3) is 0 Å². The summed E-state index contributed by atoms with van der Waals surface area (Å²) in [5, 5.41) is 0. The van der Waals surface area contributed by atoms with Crippen molar-refractivity contribution in [3.8, 4) is 0 Å². The Hall–Kier alpha value is -0.930. The normalized spacial score (nSPS) is 12.2. The van der Waals surface area contributed by atoms with Crippen molar-refractivity contribution in [1.29, 1.82) is 0 Å². The van der Waals surface area contributed by atoms with E-state index in [2.05, 4.69) is 20.8 Å². The Morgan fingerprint density at radius 3 is 1.07 bits per heavy atom. The molecule has 0 aromatic carbocycles. The summed E-state index contributed by atoms with van der Waals surface area (Å²) in [6.45, 7) is 17.4. The van der Waals surface area contributed by atoms with E-state index in [1.165, 1.54) is 19.3 Å². The van der Waals surface area contributed by atoms with Gasteiger partial charge in [-0.05, 0) is 12.3 Å². The van der Waals surface area contributed by atoms with E-state index in [-0.39, 0.29) is 12.6 Å². The Bertz CT molecular complexity index is 570. The monoisotopic (exact) mass is 654 g/mol. The summed E-state index contributed by atoms with van der Waals surface area (Å²) in [6, 6.07) is 0. The second kappa shape index (κ2) is 39.2. The minimum absolute atomic E-state index is 0.145. The van der Waals surface area contributed by atoms with Crippen molar-refractivity contribution in [2.45, 2.75) is 65.7 Å². The summed E-state index contributed by atoms with van der Waals surface area (Å²) in [4.78, 5) is 11.6. The molecule has 0 heterocycles. The van der Waals surface area contributed by atoms with Crippen LogP contribution in [0.2, 0.25) is 0 Å². The Kier molecular flexibility index (Phi) is 38.4. The molecule has 0 aliphatic heterocycles.